The van der Waals surface area contributed by atoms with Crippen LogP contribution in [0.3, 0.4) is 0 Å². The van der Waals surface area contributed by atoms with Gasteiger partial charge >= 0.3 is 0 Å². The Morgan fingerprint density at radius 1 is 1.36 bits per heavy atom. The molecule has 0 amide bonds. The Morgan fingerprint density at radius 2 is 1.91 bits per heavy atom. The lowest BCUT2D eigenvalue weighted by Crippen LogP contribution is -2.28. The normalized spacial score (nSPS) is 11.1. The molecule has 0 fully saturated rings. The molecule has 0 radical (unpaired) electrons. The molecule has 0 aliphatic carbocycles. The lowest BCUT2D eigenvalue weighted by Gasteiger charge is -2.00. The van der Waals surface area contributed by atoms with Gasteiger partial charge in [0.1, 0.15) is 11.4 Å². The van der Waals surface area contributed by atoms with Gasteiger partial charge in [-0.25, -0.2) is 9.13 Å². The third kappa shape index (κ3) is 1.30. The van der Waals surface area contributed by atoms with Gasteiger partial charge in [0.25, 0.3) is 0 Å². The van der Waals surface area contributed by atoms with Crippen molar-refractivity contribution < 1.29 is 4.57 Å². The molecule has 0 unspecified atom stereocenters. The molecule has 0 saturated heterocycles. The van der Waals surface area contributed by atoms with E-state index in [1.165, 1.54) is 11.4 Å². The highest BCUT2D eigenvalue weighted by Crippen LogP contribution is 2.09. The van der Waals surface area contributed by atoms with Gasteiger partial charge in [-0.2, -0.15) is 0 Å². The number of nitrogens with zero attached hydrogens (tertiary/aromatic N) is 2. The van der Waals surface area contributed by atoms with Crippen LogP contribution >= 0.6 is 0 Å². The number of imidazole rings is 1. The second-order valence-corrected chi connectivity index (χ2v) is 3.40. The molecule has 0 aliphatic rings. The maximum absolute atomic E-state index is 2.29. The summed E-state index contributed by atoms with van der Waals surface area (Å²) in [6, 6.07) is 0.565. The van der Waals surface area contributed by atoms with E-state index in [4.69, 9.17) is 0 Å². The lowest BCUT2D eigenvalue weighted by atomic mass is 10.3. The predicted molar refractivity (Wildman–Crippen MR) is 45.5 cm³/mol. The molecular weight excluding hydrogens is 136 g/mol. The van der Waals surface area contributed by atoms with E-state index in [1.807, 2.05) is 0 Å². The Balaban J connectivity index is 3.19. The summed E-state index contributed by atoms with van der Waals surface area (Å²) in [4.78, 5) is 0. The number of hydrogen-bond donors (Lipinski definition) is 0. The van der Waals surface area contributed by atoms with Crippen LogP contribution in [0.5, 0.6) is 0 Å². The highest BCUT2D eigenvalue weighted by molar-refractivity contribution is 5.03. The van der Waals surface area contributed by atoms with Gasteiger partial charge in [0.05, 0.1) is 13.1 Å². The van der Waals surface area contributed by atoms with E-state index < -0.39 is 0 Å². The lowest BCUT2D eigenvalue weighted by molar-refractivity contribution is -0.677. The van der Waals surface area contributed by atoms with Crippen molar-refractivity contribution >= 4 is 0 Å². The first-order valence-electron chi connectivity index (χ1n) is 4.07. The summed E-state index contributed by atoms with van der Waals surface area (Å²) in [6.45, 7) is 8.71. The molecule has 1 heterocycles. The third-order valence-electron chi connectivity index (χ3n) is 2.29. The van der Waals surface area contributed by atoms with Crippen molar-refractivity contribution in [3.05, 3.63) is 17.7 Å². The Morgan fingerprint density at radius 3 is 2.09 bits per heavy atom. The minimum Gasteiger partial charge on any atom is -0.237 e. The molecule has 0 aliphatic heterocycles. The van der Waals surface area contributed by atoms with Crippen molar-refractivity contribution in [2.45, 2.75) is 33.7 Å². The first-order chi connectivity index (χ1) is 5.04. The standard InChI is InChI=1S/C9H17N2/c1-7(2)11-6-10(5)8(3)9(11)4/h6-7H,1-5H3/q+1. The van der Waals surface area contributed by atoms with Crippen molar-refractivity contribution in [2.75, 3.05) is 0 Å². The van der Waals surface area contributed by atoms with Crippen LogP contribution in [0, 0.1) is 13.8 Å². The fourth-order valence-corrected chi connectivity index (χ4v) is 1.32. The van der Waals surface area contributed by atoms with E-state index in [9.17, 15) is 0 Å². The molecule has 0 N–H and O–H groups in total. The summed E-state index contributed by atoms with van der Waals surface area (Å²) in [6.07, 6.45) is 2.15. The Hall–Kier alpha value is -0.790. The molecule has 2 nitrogen and oxygen atoms in total. The van der Waals surface area contributed by atoms with Crippen LogP contribution < -0.4 is 4.57 Å². The van der Waals surface area contributed by atoms with Crippen LogP contribution in [0.4, 0.5) is 0 Å². The Kier molecular flexibility index (Phi) is 2.03. The summed E-state index contributed by atoms with van der Waals surface area (Å²) >= 11 is 0. The number of aryl methyl sites for hydroxylation is 1. The second kappa shape index (κ2) is 2.68. The maximum atomic E-state index is 2.29. The summed E-state index contributed by atoms with van der Waals surface area (Å²) in [5.41, 5.74) is 2.71. The fraction of sp³-hybridized carbons (Fsp3) is 0.667. The monoisotopic (exact) mass is 153 g/mol. The largest absolute Gasteiger partial charge is 0.244 e. The van der Waals surface area contributed by atoms with Gasteiger partial charge in [-0.3, -0.25) is 0 Å². The summed E-state index contributed by atoms with van der Waals surface area (Å²) in [7, 11) is 2.08. The highest BCUT2D eigenvalue weighted by Gasteiger charge is 2.14. The van der Waals surface area contributed by atoms with Crippen LogP contribution in [0.2, 0.25) is 0 Å². The summed E-state index contributed by atoms with van der Waals surface area (Å²) in [5, 5.41) is 0. The second-order valence-electron chi connectivity index (χ2n) is 3.40. The fourth-order valence-electron chi connectivity index (χ4n) is 1.32. The van der Waals surface area contributed by atoms with E-state index in [0.717, 1.165) is 0 Å². The first kappa shape index (κ1) is 8.31. The number of rotatable bonds is 1. The van der Waals surface area contributed by atoms with Crippen LogP contribution in [-0.4, -0.2) is 4.57 Å². The van der Waals surface area contributed by atoms with Crippen molar-refractivity contribution in [2.24, 2.45) is 7.05 Å². The Labute approximate surface area is 68.5 Å². The third-order valence-corrected chi connectivity index (χ3v) is 2.29. The van der Waals surface area contributed by atoms with Gasteiger partial charge in [0.15, 0.2) is 0 Å². The molecule has 1 aromatic heterocycles. The zero-order valence-corrected chi connectivity index (χ0v) is 8.05. The maximum Gasteiger partial charge on any atom is 0.244 e. The smallest absolute Gasteiger partial charge is 0.237 e. The van der Waals surface area contributed by atoms with Gasteiger partial charge in [-0.15, -0.1) is 0 Å². The van der Waals surface area contributed by atoms with Gasteiger partial charge in [-0.1, -0.05) is 0 Å². The van der Waals surface area contributed by atoms with E-state index in [0.29, 0.717) is 6.04 Å². The van der Waals surface area contributed by atoms with Crippen molar-refractivity contribution in [3.8, 4) is 0 Å². The molecule has 11 heavy (non-hydrogen) atoms. The SMILES string of the molecule is Cc1c(C)[n+](C)cn1C(C)C. The average molecular weight is 153 g/mol. The molecule has 2 heteroatoms. The molecule has 1 rings (SSSR count). The van der Waals surface area contributed by atoms with Crippen LogP contribution in [0.15, 0.2) is 6.33 Å². The van der Waals surface area contributed by atoms with E-state index in [-0.39, 0.29) is 0 Å². The summed E-state index contributed by atoms with van der Waals surface area (Å²) in [5.74, 6) is 0. The minimum absolute atomic E-state index is 0.565. The number of hydrogen-bond acceptors (Lipinski definition) is 0. The quantitative estimate of drug-likeness (QED) is 0.541. The topological polar surface area (TPSA) is 8.81 Å². The molecule has 0 saturated carbocycles. The zero-order valence-electron chi connectivity index (χ0n) is 8.05. The van der Waals surface area contributed by atoms with E-state index in [2.05, 4.69) is 50.2 Å². The van der Waals surface area contributed by atoms with Crippen LogP contribution in [-0.2, 0) is 7.05 Å². The minimum atomic E-state index is 0.565. The summed E-state index contributed by atoms with van der Waals surface area (Å²) < 4.78 is 4.45. The van der Waals surface area contributed by atoms with Gasteiger partial charge in [0, 0.05) is 13.8 Å². The molecule has 1 aromatic rings. The van der Waals surface area contributed by atoms with Gasteiger partial charge in [-0.05, 0) is 13.8 Å². The molecule has 0 spiro atoms. The van der Waals surface area contributed by atoms with Crippen molar-refractivity contribution in [3.63, 3.8) is 0 Å². The van der Waals surface area contributed by atoms with E-state index >= 15 is 0 Å². The molecule has 62 valence electrons. The van der Waals surface area contributed by atoms with Crippen LogP contribution in [0.1, 0.15) is 31.3 Å². The molecule has 0 bridgehead atoms. The number of aromatic nitrogens is 2. The van der Waals surface area contributed by atoms with Gasteiger partial charge in [0.2, 0.25) is 6.33 Å². The van der Waals surface area contributed by atoms with Gasteiger partial charge < -0.3 is 0 Å². The molecular formula is C9H17N2+. The molecule has 0 aromatic carbocycles. The Bertz CT molecular complexity index is 259. The molecule has 0 atom stereocenters. The predicted octanol–water partition coefficient (Wildman–Crippen LogP) is 1.51. The van der Waals surface area contributed by atoms with Crippen molar-refractivity contribution in [1.29, 1.82) is 0 Å². The average Bonchev–Trinajstić information content (AvgIpc) is 2.17. The van der Waals surface area contributed by atoms with E-state index in [1.54, 1.807) is 0 Å². The zero-order chi connectivity index (χ0) is 8.59. The van der Waals surface area contributed by atoms with Crippen LogP contribution in [0.25, 0.3) is 0 Å². The van der Waals surface area contributed by atoms with Crippen molar-refractivity contribution in [1.82, 2.24) is 4.57 Å². The first-order valence-corrected chi connectivity index (χ1v) is 4.07. The highest BCUT2D eigenvalue weighted by atomic mass is 15.1.